The van der Waals surface area contributed by atoms with Crippen molar-refractivity contribution < 1.29 is 8.78 Å². The highest BCUT2D eigenvalue weighted by molar-refractivity contribution is 5.83. The van der Waals surface area contributed by atoms with Crippen molar-refractivity contribution >= 4 is 16.7 Å². The molecule has 1 heterocycles. The summed E-state index contributed by atoms with van der Waals surface area (Å²) in [5.41, 5.74) is 7.55. The molecule has 2 aromatic carbocycles. The van der Waals surface area contributed by atoms with Gasteiger partial charge in [-0.05, 0) is 30.3 Å². The SMILES string of the molecule is Cn1c(-c2cccc(F)c2N)nc2ccc(F)cc21. The minimum absolute atomic E-state index is 0.0429. The maximum atomic E-state index is 13.5. The van der Waals surface area contributed by atoms with E-state index in [1.54, 1.807) is 29.8 Å². The molecule has 0 bridgehead atoms. The standard InChI is InChI=1S/C14H11F2N3/c1-19-12-7-8(15)5-6-11(12)18-14(19)9-3-2-4-10(16)13(9)17/h2-7H,17H2,1H3. The van der Waals surface area contributed by atoms with Crippen molar-refractivity contribution in [2.24, 2.45) is 7.05 Å². The smallest absolute Gasteiger partial charge is 0.146 e. The zero-order valence-corrected chi connectivity index (χ0v) is 10.2. The maximum Gasteiger partial charge on any atom is 0.146 e. The van der Waals surface area contributed by atoms with E-state index in [9.17, 15) is 8.78 Å². The fourth-order valence-electron chi connectivity index (χ4n) is 2.14. The van der Waals surface area contributed by atoms with Gasteiger partial charge in [0, 0.05) is 12.6 Å². The summed E-state index contributed by atoms with van der Waals surface area (Å²) in [6.45, 7) is 0. The highest BCUT2D eigenvalue weighted by atomic mass is 19.1. The quantitative estimate of drug-likeness (QED) is 0.682. The van der Waals surface area contributed by atoms with E-state index < -0.39 is 5.82 Å². The van der Waals surface area contributed by atoms with E-state index in [0.29, 0.717) is 22.4 Å². The number of rotatable bonds is 1. The van der Waals surface area contributed by atoms with Crippen molar-refractivity contribution in [2.45, 2.75) is 0 Å². The minimum atomic E-state index is -0.490. The number of imidazole rings is 1. The summed E-state index contributed by atoms with van der Waals surface area (Å²) in [5, 5.41) is 0. The summed E-state index contributed by atoms with van der Waals surface area (Å²) in [6.07, 6.45) is 0. The van der Waals surface area contributed by atoms with Gasteiger partial charge in [0.25, 0.3) is 0 Å². The number of hydrogen-bond acceptors (Lipinski definition) is 2. The average Bonchev–Trinajstić information content (AvgIpc) is 2.70. The lowest BCUT2D eigenvalue weighted by Crippen LogP contribution is -1.99. The monoisotopic (exact) mass is 259 g/mol. The van der Waals surface area contributed by atoms with Crippen LogP contribution in [0.4, 0.5) is 14.5 Å². The largest absolute Gasteiger partial charge is 0.396 e. The number of anilines is 1. The minimum Gasteiger partial charge on any atom is -0.396 e. The molecule has 2 N–H and O–H groups in total. The van der Waals surface area contributed by atoms with Crippen LogP contribution in [0.25, 0.3) is 22.4 Å². The second kappa shape index (κ2) is 4.05. The molecule has 19 heavy (non-hydrogen) atoms. The van der Waals surface area contributed by atoms with Crippen LogP contribution in [0.3, 0.4) is 0 Å². The fourth-order valence-corrected chi connectivity index (χ4v) is 2.14. The van der Waals surface area contributed by atoms with Crippen molar-refractivity contribution in [3.05, 3.63) is 48.0 Å². The van der Waals surface area contributed by atoms with Crippen LogP contribution in [-0.2, 0) is 7.05 Å². The molecular formula is C14H11F2N3. The van der Waals surface area contributed by atoms with Gasteiger partial charge in [0.2, 0.25) is 0 Å². The number of fused-ring (bicyclic) bond motifs is 1. The molecule has 0 amide bonds. The number of para-hydroxylation sites is 1. The number of benzene rings is 2. The first-order chi connectivity index (χ1) is 9.08. The number of hydrogen-bond donors (Lipinski definition) is 1. The van der Waals surface area contributed by atoms with Crippen LogP contribution >= 0.6 is 0 Å². The summed E-state index contributed by atoms with van der Waals surface area (Å²) in [7, 11) is 1.74. The predicted molar refractivity (Wildman–Crippen MR) is 70.5 cm³/mol. The molecule has 0 aliphatic carbocycles. The molecule has 5 heteroatoms. The summed E-state index contributed by atoms with van der Waals surface area (Å²) >= 11 is 0. The lowest BCUT2D eigenvalue weighted by atomic mass is 10.1. The van der Waals surface area contributed by atoms with Gasteiger partial charge in [-0.2, -0.15) is 0 Å². The Hall–Kier alpha value is -2.43. The number of nitrogens with two attached hydrogens (primary N) is 1. The van der Waals surface area contributed by atoms with Gasteiger partial charge in [0.05, 0.1) is 16.7 Å². The van der Waals surface area contributed by atoms with Crippen LogP contribution in [-0.4, -0.2) is 9.55 Å². The van der Waals surface area contributed by atoms with Gasteiger partial charge in [-0.25, -0.2) is 13.8 Å². The third-order valence-electron chi connectivity index (χ3n) is 3.14. The van der Waals surface area contributed by atoms with E-state index in [1.807, 2.05) is 0 Å². The summed E-state index contributed by atoms with van der Waals surface area (Å²) in [6, 6.07) is 8.87. The molecule has 0 aliphatic rings. The highest BCUT2D eigenvalue weighted by Crippen LogP contribution is 2.29. The molecule has 0 unspecified atom stereocenters. The molecule has 0 fully saturated rings. The fraction of sp³-hybridized carbons (Fsp3) is 0.0714. The van der Waals surface area contributed by atoms with Gasteiger partial charge in [0.1, 0.15) is 17.5 Å². The number of nitrogen functional groups attached to an aromatic ring is 1. The molecule has 0 aliphatic heterocycles. The lowest BCUT2D eigenvalue weighted by Gasteiger charge is -2.06. The number of nitrogens with zero attached hydrogens (tertiary/aromatic N) is 2. The van der Waals surface area contributed by atoms with Gasteiger partial charge >= 0.3 is 0 Å². The van der Waals surface area contributed by atoms with Crippen molar-refractivity contribution in [2.75, 3.05) is 5.73 Å². The summed E-state index contributed by atoms with van der Waals surface area (Å²) in [5.74, 6) is -0.317. The first-order valence-corrected chi connectivity index (χ1v) is 5.74. The third kappa shape index (κ3) is 1.74. The van der Waals surface area contributed by atoms with Gasteiger partial charge in [-0.3, -0.25) is 0 Å². The molecule has 3 rings (SSSR count). The third-order valence-corrected chi connectivity index (χ3v) is 3.14. The van der Waals surface area contributed by atoms with Crippen LogP contribution < -0.4 is 5.73 Å². The zero-order chi connectivity index (χ0) is 13.6. The number of halogens is 2. The number of aryl methyl sites for hydroxylation is 1. The Morgan fingerprint density at radius 1 is 1.16 bits per heavy atom. The van der Waals surface area contributed by atoms with Crippen molar-refractivity contribution in [3.8, 4) is 11.4 Å². The Balaban J connectivity index is 2.31. The van der Waals surface area contributed by atoms with Crippen molar-refractivity contribution in [1.29, 1.82) is 0 Å². The van der Waals surface area contributed by atoms with Crippen LogP contribution in [0.5, 0.6) is 0 Å². The van der Waals surface area contributed by atoms with E-state index >= 15 is 0 Å². The van der Waals surface area contributed by atoms with Crippen molar-refractivity contribution in [3.63, 3.8) is 0 Å². The Morgan fingerprint density at radius 2 is 1.95 bits per heavy atom. The first kappa shape index (κ1) is 11.6. The van der Waals surface area contributed by atoms with Gasteiger partial charge in [0.15, 0.2) is 0 Å². The highest BCUT2D eigenvalue weighted by Gasteiger charge is 2.14. The zero-order valence-electron chi connectivity index (χ0n) is 10.2. The predicted octanol–water partition coefficient (Wildman–Crippen LogP) is 3.10. The molecule has 3 nitrogen and oxygen atoms in total. The topological polar surface area (TPSA) is 43.8 Å². The molecule has 0 radical (unpaired) electrons. The Kier molecular flexibility index (Phi) is 2.48. The van der Waals surface area contributed by atoms with E-state index in [1.165, 1.54) is 18.2 Å². The summed E-state index contributed by atoms with van der Waals surface area (Å²) < 4.78 is 28.4. The van der Waals surface area contributed by atoms with Crippen LogP contribution in [0.15, 0.2) is 36.4 Å². The Bertz CT molecular complexity index is 778. The lowest BCUT2D eigenvalue weighted by molar-refractivity contribution is 0.628. The van der Waals surface area contributed by atoms with Gasteiger partial charge in [-0.15, -0.1) is 0 Å². The second-order valence-corrected chi connectivity index (χ2v) is 4.33. The molecule has 96 valence electrons. The molecule has 0 saturated heterocycles. The van der Waals surface area contributed by atoms with Gasteiger partial charge < -0.3 is 10.3 Å². The molecule has 1 aromatic heterocycles. The Labute approximate surface area is 108 Å². The number of aromatic nitrogens is 2. The van der Waals surface area contributed by atoms with Crippen molar-refractivity contribution in [1.82, 2.24) is 9.55 Å². The van der Waals surface area contributed by atoms with Crippen LogP contribution in [0.1, 0.15) is 0 Å². The molecule has 0 spiro atoms. The normalized spacial score (nSPS) is 11.1. The van der Waals surface area contributed by atoms with Crippen LogP contribution in [0, 0.1) is 11.6 Å². The molecule has 3 aromatic rings. The van der Waals surface area contributed by atoms with E-state index in [0.717, 1.165) is 0 Å². The first-order valence-electron chi connectivity index (χ1n) is 5.74. The summed E-state index contributed by atoms with van der Waals surface area (Å²) in [4.78, 5) is 4.38. The van der Waals surface area contributed by atoms with E-state index in [-0.39, 0.29) is 11.5 Å². The average molecular weight is 259 g/mol. The Morgan fingerprint density at radius 3 is 2.74 bits per heavy atom. The maximum absolute atomic E-state index is 13.5. The second-order valence-electron chi connectivity index (χ2n) is 4.33. The van der Waals surface area contributed by atoms with E-state index in [4.69, 9.17) is 5.73 Å². The molecule has 0 atom stereocenters. The van der Waals surface area contributed by atoms with E-state index in [2.05, 4.69) is 4.98 Å². The van der Waals surface area contributed by atoms with Crippen LogP contribution in [0.2, 0.25) is 0 Å². The molecular weight excluding hydrogens is 248 g/mol. The molecule has 0 saturated carbocycles. The van der Waals surface area contributed by atoms with Gasteiger partial charge in [-0.1, -0.05) is 6.07 Å².